The van der Waals surface area contributed by atoms with Crippen molar-refractivity contribution in [3.63, 3.8) is 0 Å². The molecule has 0 bridgehead atoms. The average Bonchev–Trinajstić information content (AvgIpc) is 3.25. The van der Waals surface area contributed by atoms with Crippen molar-refractivity contribution in [1.82, 2.24) is 19.8 Å². The van der Waals surface area contributed by atoms with Crippen molar-refractivity contribution in [2.75, 3.05) is 13.1 Å². The van der Waals surface area contributed by atoms with Gasteiger partial charge < -0.3 is 9.84 Å². The topological polar surface area (TPSA) is 105 Å². The van der Waals surface area contributed by atoms with Crippen molar-refractivity contribution >= 4 is 15.9 Å². The van der Waals surface area contributed by atoms with E-state index >= 15 is 0 Å². The lowest BCUT2D eigenvalue weighted by Gasteiger charge is -2.31. The van der Waals surface area contributed by atoms with Crippen LogP contribution in [0.4, 0.5) is 4.39 Å². The predicted octanol–water partition coefficient (Wildman–Crippen LogP) is 3.21. The number of amides is 1. The summed E-state index contributed by atoms with van der Waals surface area (Å²) in [6.45, 7) is 4.22. The van der Waals surface area contributed by atoms with Gasteiger partial charge in [0.1, 0.15) is 5.82 Å². The molecular formula is C23H25FN4O4S. The van der Waals surface area contributed by atoms with E-state index in [2.05, 4.69) is 15.5 Å². The van der Waals surface area contributed by atoms with Crippen LogP contribution in [0.2, 0.25) is 0 Å². The summed E-state index contributed by atoms with van der Waals surface area (Å²) in [6.07, 6.45) is 0.856. The molecule has 1 aliphatic rings. The molecule has 2 heterocycles. The van der Waals surface area contributed by atoms with Crippen LogP contribution in [0.25, 0.3) is 11.4 Å². The van der Waals surface area contributed by atoms with Crippen molar-refractivity contribution in [1.29, 1.82) is 0 Å². The molecule has 2 aromatic carbocycles. The van der Waals surface area contributed by atoms with Crippen molar-refractivity contribution in [2.45, 2.75) is 38.1 Å². The van der Waals surface area contributed by atoms with Gasteiger partial charge in [0.15, 0.2) is 0 Å². The third-order valence-corrected chi connectivity index (χ3v) is 7.84. The lowest BCUT2D eigenvalue weighted by atomic mass is 9.97. The van der Waals surface area contributed by atoms with Gasteiger partial charge >= 0.3 is 0 Å². The molecule has 0 unspecified atom stereocenters. The Balaban J connectivity index is 1.40. The maximum Gasteiger partial charge on any atom is 0.243 e. The number of hydrogen-bond acceptors (Lipinski definition) is 6. The molecule has 1 amide bonds. The minimum atomic E-state index is -3.74. The number of carbonyl (C=O) groups excluding carboxylic acids is 1. The van der Waals surface area contributed by atoms with E-state index in [1.54, 1.807) is 44.2 Å². The Morgan fingerprint density at radius 2 is 1.85 bits per heavy atom. The Kier molecular flexibility index (Phi) is 6.57. The highest BCUT2D eigenvalue weighted by Crippen LogP contribution is 2.29. The normalized spacial score (nSPS) is 15.5. The Morgan fingerprint density at radius 1 is 1.15 bits per heavy atom. The summed E-state index contributed by atoms with van der Waals surface area (Å²) in [5, 5.41) is 6.72. The van der Waals surface area contributed by atoms with E-state index in [-0.39, 0.29) is 35.6 Å². The summed E-state index contributed by atoms with van der Waals surface area (Å²) < 4.78 is 46.1. The highest BCUT2D eigenvalue weighted by atomic mass is 32.2. The smallest absolute Gasteiger partial charge is 0.243 e. The van der Waals surface area contributed by atoms with Gasteiger partial charge in [-0.05, 0) is 49.1 Å². The van der Waals surface area contributed by atoms with Gasteiger partial charge in [0.25, 0.3) is 0 Å². The molecule has 0 spiro atoms. The molecule has 0 atom stereocenters. The summed E-state index contributed by atoms with van der Waals surface area (Å²) in [7, 11) is -3.74. The summed E-state index contributed by atoms with van der Waals surface area (Å²) in [6, 6.07) is 11.0. The molecule has 0 aliphatic carbocycles. The van der Waals surface area contributed by atoms with Gasteiger partial charge in [-0.2, -0.15) is 9.29 Å². The zero-order chi connectivity index (χ0) is 23.6. The van der Waals surface area contributed by atoms with E-state index in [1.807, 2.05) is 0 Å². The molecule has 33 heavy (non-hydrogen) atoms. The summed E-state index contributed by atoms with van der Waals surface area (Å²) in [5.41, 5.74) is 1.99. The van der Waals surface area contributed by atoms with Gasteiger partial charge in [-0.3, -0.25) is 4.79 Å². The first-order valence-electron chi connectivity index (χ1n) is 10.7. The molecule has 3 aromatic rings. The number of hydrogen-bond donors (Lipinski definition) is 1. The van der Waals surface area contributed by atoms with Crippen LogP contribution in [-0.2, 0) is 21.4 Å². The average molecular weight is 473 g/mol. The number of rotatable bonds is 6. The Morgan fingerprint density at radius 3 is 2.48 bits per heavy atom. The first-order chi connectivity index (χ1) is 15.7. The van der Waals surface area contributed by atoms with Gasteiger partial charge in [0, 0.05) is 38.0 Å². The number of aromatic nitrogens is 2. The first-order valence-corrected chi connectivity index (χ1v) is 12.1. The van der Waals surface area contributed by atoms with Gasteiger partial charge in [0.2, 0.25) is 27.6 Å². The Bertz CT molecular complexity index is 1250. The number of nitrogens with zero attached hydrogens (tertiary/aromatic N) is 3. The van der Waals surface area contributed by atoms with Crippen LogP contribution in [0.5, 0.6) is 0 Å². The van der Waals surface area contributed by atoms with Crippen LogP contribution in [-0.4, -0.2) is 41.9 Å². The molecule has 1 aromatic heterocycles. The number of nitrogens with one attached hydrogen (secondary N) is 1. The van der Waals surface area contributed by atoms with Gasteiger partial charge in [-0.15, -0.1) is 0 Å². The van der Waals surface area contributed by atoms with Crippen LogP contribution in [0.3, 0.4) is 0 Å². The zero-order valence-corrected chi connectivity index (χ0v) is 19.2. The summed E-state index contributed by atoms with van der Waals surface area (Å²) in [5.74, 6) is 0.00995. The predicted molar refractivity (Wildman–Crippen MR) is 119 cm³/mol. The fourth-order valence-electron chi connectivity index (χ4n) is 3.87. The van der Waals surface area contributed by atoms with Crippen LogP contribution in [0.1, 0.15) is 29.9 Å². The molecule has 1 fully saturated rings. The minimum absolute atomic E-state index is 0.123. The first kappa shape index (κ1) is 23.1. The molecule has 174 valence electrons. The molecule has 1 N–H and O–H groups in total. The second kappa shape index (κ2) is 9.40. The summed E-state index contributed by atoms with van der Waals surface area (Å²) in [4.78, 5) is 16.9. The fourth-order valence-corrected chi connectivity index (χ4v) is 5.59. The van der Waals surface area contributed by atoms with Crippen molar-refractivity contribution in [3.8, 4) is 11.4 Å². The van der Waals surface area contributed by atoms with E-state index in [0.29, 0.717) is 42.2 Å². The number of halogens is 1. The van der Waals surface area contributed by atoms with Crippen LogP contribution in [0.15, 0.2) is 51.9 Å². The number of sulfonamides is 1. The Labute approximate surface area is 191 Å². The maximum atomic E-state index is 13.3. The van der Waals surface area contributed by atoms with E-state index in [9.17, 15) is 17.6 Å². The standard InChI is InChI=1S/C23H25FN4O4S/c1-15-3-6-19(22-26-16(2)32-27-22)13-21(15)33(30,31)28-11-9-18(10-12-28)23(29)25-14-17-4-7-20(24)8-5-17/h3-8,13,18H,9-12,14H2,1-2H3,(H,25,29). The highest BCUT2D eigenvalue weighted by molar-refractivity contribution is 7.89. The molecular weight excluding hydrogens is 447 g/mol. The third-order valence-electron chi connectivity index (χ3n) is 5.80. The molecule has 10 heteroatoms. The van der Waals surface area contributed by atoms with E-state index in [4.69, 9.17) is 4.52 Å². The number of carbonyl (C=O) groups is 1. The van der Waals surface area contributed by atoms with Gasteiger partial charge in [-0.25, -0.2) is 12.8 Å². The molecule has 1 saturated heterocycles. The van der Waals surface area contributed by atoms with E-state index < -0.39 is 10.0 Å². The largest absolute Gasteiger partial charge is 0.352 e. The monoisotopic (exact) mass is 472 g/mol. The van der Waals surface area contributed by atoms with E-state index in [0.717, 1.165) is 5.56 Å². The van der Waals surface area contributed by atoms with Gasteiger partial charge in [0.05, 0.1) is 4.90 Å². The number of aryl methyl sites for hydroxylation is 2. The van der Waals surface area contributed by atoms with Crippen LogP contribution in [0, 0.1) is 25.6 Å². The summed E-state index contributed by atoms with van der Waals surface area (Å²) >= 11 is 0. The molecule has 1 aliphatic heterocycles. The minimum Gasteiger partial charge on any atom is -0.352 e. The van der Waals surface area contributed by atoms with Crippen molar-refractivity contribution in [2.24, 2.45) is 5.92 Å². The van der Waals surface area contributed by atoms with Crippen LogP contribution >= 0.6 is 0 Å². The zero-order valence-electron chi connectivity index (χ0n) is 18.4. The van der Waals surface area contributed by atoms with Crippen molar-refractivity contribution in [3.05, 3.63) is 65.3 Å². The highest BCUT2D eigenvalue weighted by Gasteiger charge is 2.33. The maximum absolute atomic E-state index is 13.3. The molecule has 4 rings (SSSR count). The lowest BCUT2D eigenvalue weighted by molar-refractivity contribution is -0.126. The van der Waals surface area contributed by atoms with E-state index in [1.165, 1.54) is 16.4 Å². The lowest BCUT2D eigenvalue weighted by Crippen LogP contribution is -2.43. The molecule has 0 saturated carbocycles. The fraction of sp³-hybridized carbons (Fsp3) is 0.348. The van der Waals surface area contributed by atoms with Crippen LogP contribution < -0.4 is 5.32 Å². The third kappa shape index (κ3) is 5.12. The number of piperidine rings is 1. The van der Waals surface area contributed by atoms with Crippen molar-refractivity contribution < 1.29 is 22.1 Å². The quantitative estimate of drug-likeness (QED) is 0.591. The number of benzene rings is 2. The Hall–Kier alpha value is -3.11. The van der Waals surface area contributed by atoms with Gasteiger partial charge in [-0.1, -0.05) is 29.4 Å². The second-order valence-electron chi connectivity index (χ2n) is 8.14. The molecule has 0 radical (unpaired) electrons. The molecule has 8 nitrogen and oxygen atoms in total. The SMILES string of the molecule is Cc1nc(-c2ccc(C)c(S(=O)(=O)N3CCC(C(=O)NCc4ccc(F)cc4)CC3)c2)no1. The second-order valence-corrected chi connectivity index (χ2v) is 10.0.